The highest BCUT2D eigenvalue weighted by molar-refractivity contribution is 7.99. The zero-order valence-electron chi connectivity index (χ0n) is 16.7. The van der Waals surface area contributed by atoms with Crippen LogP contribution in [0.3, 0.4) is 0 Å². The van der Waals surface area contributed by atoms with Gasteiger partial charge in [0.15, 0.2) is 22.1 Å². The highest BCUT2D eigenvalue weighted by Crippen LogP contribution is 2.37. The molecule has 2 heterocycles. The van der Waals surface area contributed by atoms with Crippen molar-refractivity contribution in [2.75, 3.05) is 17.6 Å². The first-order chi connectivity index (χ1) is 14.6. The number of carbonyl (C=O) groups is 1. The number of hydrogen-bond acceptors (Lipinski definition) is 9. The standard InChI is InChI=1S/C17H24F3N7O3S/c1-2-3-5-22-14-10-15(24-16(23-14)31-6-4-17(18,19)20)27(26-25-10)9-7-8(13(21)30)11(28)12(9)29/h8-9,11-12,28-29H,2-7H2,1H3,(H2,21,30)(H,22,23,24)/t8-,9+,11+,12-/m0/s1. The molecule has 5 N–H and O–H groups in total. The van der Waals surface area contributed by atoms with Crippen LogP contribution in [0.2, 0.25) is 0 Å². The molecule has 1 aliphatic carbocycles. The molecule has 0 aliphatic heterocycles. The highest BCUT2D eigenvalue weighted by Gasteiger charge is 2.46. The number of fused-ring (bicyclic) bond motifs is 1. The molecule has 10 nitrogen and oxygen atoms in total. The third-order valence-corrected chi connectivity index (χ3v) is 5.92. The monoisotopic (exact) mass is 463 g/mol. The molecule has 14 heteroatoms. The summed E-state index contributed by atoms with van der Waals surface area (Å²) >= 11 is 0.840. The van der Waals surface area contributed by atoms with Crippen LogP contribution >= 0.6 is 11.8 Å². The maximum atomic E-state index is 12.5. The topological polar surface area (TPSA) is 152 Å². The Balaban J connectivity index is 1.94. The van der Waals surface area contributed by atoms with Gasteiger partial charge in [-0.1, -0.05) is 30.3 Å². The van der Waals surface area contributed by atoms with E-state index in [2.05, 4.69) is 25.6 Å². The van der Waals surface area contributed by atoms with Gasteiger partial charge in [-0.3, -0.25) is 4.79 Å². The molecule has 172 valence electrons. The van der Waals surface area contributed by atoms with Crippen molar-refractivity contribution in [1.82, 2.24) is 25.0 Å². The first-order valence-corrected chi connectivity index (χ1v) is 10.8. The molecule has 31 heavy (non-hydrogen) atoms. The Morgan fingerprint density at radius 1 is 1.32 bits per heavy atom. The lowest BCUT2D eigenvalue weighted by molar-refractivity contribution is -0.129. The molecule has 1 fully saturated rings. The van der Waals surface area contributed by atoms with Crippen molar-refractivity contribution in [1.29, 1.82) is 0 Å². The molecular weight excluding hydrogens is 439 g/mol. The number of halogens is 3. The average molecular weight is 463 g/mol. The minimum atomic E-state index is -4.30. The fraction of sp³-hybridized carbons (Fsp3) is 0.706. The molecular formula is C17H24F3N7O3S. The number of nitrogens with two attached hydrogens (primary N) is 1. The summed E-state index contributed by atoms with van der Waals surface area (Å²) < 4.78 is 38.8. The molecule has 0 bridgehead atoms. The number of aliphatic hydroxyl groups excluding tert-OH is 2. The van der Waals surface area contributed by atoms with Gasteiger partial charge < -0.3 is 21.3 Å². The number of carbonyl (C=O) groups excluding carboxylic acids is 1. The number of nitrogens with zero attached hydrogens (tertiary/aromatic N) is 5. The Bertz CT molecular complexity index is 926. The van der Waals surface area contributed by atoms with Crippen molar-refractivity contribution in [3.63, 3.8) is 0 Å². The number of anilines is 1. The lowest BCUT2D eigenvalue weighted by atomic mass is 10.1. The predicted molar refractivity (Wildman–Crippen MR) is 106 cm³/mol. The molecule has 0 aromatic carbocycles. The number of aliphatic hydroxyl groups is 2. The van der Waals surface area contributed by atoms with E-state index in [-0.39, 0.29) is 28.5 Å². The minimum absolute atomic E-state index is 0.0231. The first kappa shape index (κ1) is 23.5. The highest BCUT2D eigenvalue weighted by atomic mass is 32.2. The van der Waals surface area contributed by atoms with Gasteiger partial charge in [-0.15, -0.1) is 5.10 Å². The Kier molecular flexibility index (Phi) is 7.21. The van der Waals surface area contributed by atoms with Gasteiger partial charge >= 0.3 is 6.18 Å². The number of thioether (sulfide) groups is 1. The van der Waals surface area contributed by atoms with E-state index in [1.807, 2.05) is 6.92 Å². The number of aromatic nitrogens is 5. The van der Waals surface area contributed by atoms with E-state index >= 15 is 0 Å². The van der Waals surface area contributed by atoms with Crippen LogP contribution in [0.4, 0.5) is 19.0 Å². The van der Waals surface area contributed by atoms with Gasteiger partial charge in [-0.05, 0) is 12.8 Å². The number of amides is 1. The Labute approximate surface area is 179 Å². The first-order valence-electron chi connectivity index (χ1n) is 9.84. The van der Waals surface area contributed by atoms with E-state index in [4.69, 9.17) is 5.73 Å². The number of primary amides is 1. The molecule has 0 spiro atoms. The normalized spacial score (nSPS) is 24.1. The predicted octanol–water partition coefficient (Wildman–Crippen LogP) is 1.25. The maximum absolute atomic E-state index is 12.5. The van der Waals surface area contributed by atoms with Crippen LogP contribution in [0.25, 0.3) is 11.2 Å². The van der Waals surface area contributed by atoms with Crippen LogP contribution in [-0.4, -0.2) is 71.8 Å². The van der Waals surface area contributed by atoms with Crippen molar-refractivity contribution < 1.29 is 28.2 Å². The molecule has 0 saturated heterocycles. The second-order valence-corrected chi connectivity index (χ2v) is 8.41. The number of unbranched alkanes of at least 4 members (excludes halogenated alkanes) is 1. The summed E-state index contributed by atoms with van der Waals surface area (Å²) in [6.07, 6.45) is -6.22. The molecule has 1 saturated carbocycles. The van der Waals surface area contributed by atoms with Gasteiger partial charge in [0.05, 0.1) is 24.5 Å². The maximum Gasteiger partial charge on any atom is 0.389 e. The van der Waals surface area contributed by atoms with E-state index in [9.17, 15) is 28.2 Å². The fourth-order valence-electron chi connectivity index (χ4n) is 3.40. The van der Waals surface area contributed by atoms with Gasteiger partial charge in [0.2, 0.25) is 5.91 Å². The van der Waals surface area contributed by atoms with Gasteiger partial charge in [0, 0.05) is 12.3 Å². The summed E-state index contributed by atoms with van der Waals surface area (Å²) in [5.41, 5.74) is 5.76. The zero-order valence-corrected chi connectivity index (χ0v) is 17.5. The van der Waals surface area contributed by atoms with Crippen molar-refractivity contribution in [3.05, 3.63) is 0 Å². The fourth-order valence-corrected chi connectivity index (χ4v) is 4.22. The molecule has 2 aromatic rings. The minimum Gasteiger partial charge on any atom is -0.390 e. The summed E-state index contributed by atoms with van der Waals surface area (Å²) in [6, 6.07) is -0.830. The summed E-state index contributed by atoms with van der Waals surface area (Å²) in [4.78, 5) is 20.1. The smallest absolute Gasteiger partial charge is 0.389 e. The molecule has 2 aromatic heterocycles. The molecule has 1 amide bonds. The van der Waals surface area contributed by atoms with E-state index in [1.165, 1.54) is 4.68 Å². The molecule has 0 radical (unpaired) electrons. The van der Waals surface area contributed by atoms with E-state index in [1.54, 1.807) is 0 Å². The SMILES string of the molecule is CCCCNc1nc(SCCC(F)(F)F)nc2c1nnn2[C@@H]1C[C@H](C(N)=O)[C@@H](O)[C@H]1O. The van der Waals surface area contributed by atoms with Gasteiger partial charge in [-0.2, -0.15) is 13.2 Å². The lowest BCUT2D eigenvalue weighted by Gasteiger charge is -2.17. The molecule has 4 atom stereocenters. The zero-order chi connectivity index (χ0) is 22.8. The Morgan fingerprint density at radius 3 is 2.68 bits per heavy atom. The van der Waals surface area contributed by atoms with Crippen LogP contribution < -0.4 is 11.1 Å². The summed E-state index contributed by atoms with van der Waals surface area (Å²) in [5.74, 6) is -1.67. The van der Waals surface area contributed by atoms with Crippen LogP contribution in [0, 0.1) is 5.92 Å². The van der Waals surface area contributed by atoms with Crippen LogP contribution in [0.1, 0.15) is 38.6 Å². The largest absolute Gasteiger partial charge is 0.390 e. The lowest BCUT2D eigenvalue weighted by Crippen LogP contribution is -2.35. The van der Waals surface area contributed by atoms with Crippen molar-refractivity contribution in [2.24, 2.45) is 11.7 Å². The van der Waals surface area contributed by atoms with Gasteiger partial charge in [-0.25, -0.2) is 14.6 Å². The molecule has 1 aliphatic rings. The van der Waals surface area contributed by atoms with Crippen molar-refractivity contribution >= 4 is 34.7 Å². The summed E-state index contributed by atoms with van der Waals surface area (Å²) in [5, 5.41) is 31.8. The number of rotatable bonds is 9. The van der Waals surface area contributed by atoms with Gasteiger partial charge in [0.25, 0.3) is 0 Å². The summed E-state index contributed by atoms with van der Waals surface area (Å²) in [7, 11) is 0. The number of alkyl halides is 3. The van der Waals surface area contributed by atoms with E-state index in [0.717, 1.165) is 24.6 Å². The van der Waals surface area contributed by atoms with Crippen molar-refractivity contribution in [3.8, 4) is 0 Å². The Hall–Kier alpha value is -2.19. The Morgan fingerprint density at radius 2 is 2.06 bits per heavy atom. The number of hydrogen-bond donors (Lipinski definition) is 4. The van der Waals surface area contributed by atoms with Gasteiger partial charge in [0.1, 0.15) is 6.10 Å². The third kappa shape index (κ3) is 5.36. The van der Waals surface area contributed by atoms with Crippen LogP contribution in [-0.2, 0) is 4.79 Å². The van der Waals surface area contributed by atoms with E-state index < -0.39 is 42.7 Å². The molecule has 3 rings (SSSR count). The quantitative estimate of drug-likeness (QED) is 0.244. The van der Waals surface area contributed by atoms with Crippen LogP contribution in [0.15, 0.2) is 5.16 Å². The molecule has 0 unspecified atom stereocenters. The van der Waals surface area contributed by atoms with E-state index in [0.29, 0.717) is 12.4 Å². The third-order valence-electron chi connectivity index (χ3n) is 5.07. The second kappa shape index (κ2) is 9.53. The van der Waals surface area contributed by atoms with Crippen LogP contribution in [0.5, 0.6) is 0 Å². The average Bonchev–Trinajstić information content (AvgIpc) is 3.22. The second-order valence-electron chi connectivity index (χ2n) is 7.35. The number of nitrogens with one attached hydrogen (secondary N) is 1. The summed E-state index contributed by atoms with van der Waals surface area (Å²) in [6.45, 7) is 2.57. The van der Waals surface area contributed by atoms with Crippen molar-refractivity contribution in [2.45, 2.75) is 62.2 Å².